The Hall–Kier alpha value is -2.30. The molecule has 19 heavy (non-hydrogen) atoms. The van der Waals surface area contributed by atoms with Gasteiger partial charge in [0.15, 0.2) is 0 Å². The summed E-state index contributed by atoms with van der Waals surface area (Å²) >= 11 is 0. The molecule has 100 valence electrons. The monoisotopic (exact) mass is 258 g/mol. The third kappa shape index (κ3) is 3.13. The number of rotatable bonds is 5. The number of anilines is 2. The van der Waals surface area contributed by atoms with Gasteiger partial charge in [0, 0.05) is 29.7 Å². The van der Waals surface area contributed by atoms with Crippen LogP contribution in [0.25, 0.3) is 10.8 Å². The number of hydrogen-bond acceptors (Lipinski definition) is 4. The number of nitrogens with two attached hydrogens (primary N) is 1. The molecule has 2 aromatic rings. The first-order chi connectivity index (χ1) is 9.22. The van der Waals surface area contributed by atoms with Gasteiger partial charge in [-0.15, -0.1) is 0 Å². The minimum atomic E-state index is -0.0314. The lowest BCUT2D eigenvalue weighted by atomic mass is 10.1. The van der Waals surface area contributed by atoms with Crippen molar-refractivity contribution >= 4 is 28.1 Å². The van der Waals surface area contributed by atoms with Crippen LogP contribution in [0, 0.1) is 0 Å². The maximum atomic E-state index is 11.5. The van der Waals surface area contributed by atoms with Crippen molar-refractivity contribution in [3.63, 3.8) is 0 Å². The Balaban J connectivity index is 2.09. The lowest BCUT2D eigenvalue weighted by Gasteiger charge is -2.11. The first kappa shape index (κ1) is 13.1. The predicted molar refractivity (Wildman–Crippen MR) is 77.9 cm³/mol. The van der Waals surface area contributed by atoms with Crippen molar-refractivity contribution < 1.29 is 4.79 Å². The van der Waals surface area contributed by atoms with E-state index >= 15 is 0 Å². The topological polar surface area (TPSA) is 80.0 Å². The van der Waals surface area contributed by atoms with E-state index in [2.05, 4.69) is 15.6 Å². The van der Waals surface area contributed by atoms with Crippen molar-refractivity contribution in [2.45, 2.75) is 13.3 Å². The number of nitrogens with one attached hydrogen (secondary N) is 2. The smallest absolute Gasteiger partial charge is 0.239 e. The van der Waals surface area contributed by atoms with Gasteiger partial charge in [0.2, 0.25) is 5.91 Å². The van der Waals surface area contributed by atoms with E-state index in [1.807, 2.05) is 25.1 Å². The fourth-order valence-corrected chi connectivity index (χ4v) is 1.85. The number of nitrogens with zero attached hydrogens (tertiary/aromatic N) is 1. The van der Waals surface area contributed by atoms with Crippen LogP contribution < -0.4 is 16.4 Å². The van der Waals surface area contributed by atoms with Crippen LogP contribution in [0.1, 0.15) is 13.3 Å². The summed E-state index contributed by atoms with van der Waals surface area (Å²) in [5.41, 5.74) is 7.49. The quantitative estimate of drug-likeness (QED) is 0.714. The predicted octanol–water partition coefficient (Wildman–Crippen LogP) is 1.76. The van der Waals surface area contributed by atoms with Gasteiger partial charge in [-0.1, -0.05) is 13.0 Å². The molecule has 0 aliphatic heterocycles. The van der Waals surface area contributed by atoms with Crippen LogP contribution >= 0.6 is 0 Å². The number of fused-ring (bicyclic) bond motifs is 1. The fraction of sp³-hybridized carbons (Fsp3) is 0.286. The second-order valence-electron chi connectivity index (χ2n) is 4.33. The number of benzene rings is 1. The van der Waals surface area contributed by atoms with Gasteiger partial charge < -0.3 is 16.4 Å². The van der Waals surface area contributed by atoms with Crippen LogP contribution in [-0.4, -0.2) is 24.0 Å². The van der Waals surface area contributed by atoms with Gasteiger partial charge in [-0.05, 0) is 18.6 Å². The molecule has 1 aromatic heterocycles. The average Bonchev–Trinajstić information content (AvgIpc) is 2.44. The van der Waals surface area contributed by atoms with Crippen LogP contribution in [0.15, 0.2) is 30.6 Å². The Labute approximate surface area is 112 Å². The zero-order valence-electron chi connectivity index (χ0n) is 10.9. The number of aromatic nitrogens is 1. The summed E-state index contributed by atoms with van der Waals surface area (Å²) in [7, 11) is 0. The Morgan fingerprint density at radius 3 is 3.00 bits per heavy atom. The molecule has 5 heteroatoms. The van der Waals surface area contributed by atoms with Gasteiger partial charge in [0.25, 0.3) is 0 Å². The molecule has 0 unspecified atom stereocenters. The largest absolute Gasteiger partial charge is 0.397 e. The Bertz CT molecular complexity index is 583. The van der Waals surface area contributed by atoms with Gasteiger partial charge >= 0.3 is 0 Å². The van der Waals surface area contributed by atoms with E-state index in [1.54, 1.807) is 12.4 Å². The van der Waals surface area contributed by atoms with Gasteiger partial charge in [0.05, 0.1) is 17.9 Å². The molecule has 1 aromatic carbocycles. The highest BCUT2D eigenvalue weighted by Crippen LogP contribution is 2.27. The van der Waals surface area contributed by atoms with Crippen molar-refractivity contribution in [1.82, 2.24) is 10.3 Å². The van der Waals surface area contributed by atoms with Crippen LogP contribution in [0.2, 0.25) is 0 Å². The molecule has 5 nitrogen and oxygen atoms in total. The summed E-state index contributed by atoms with van der Waals surface area (Å²) in [4.78, 5) is 15.6. The van der Waals surface area contributed by atoms with Gasteiger partial charge in [-0.3, -0.25) is 9.78 Å². The van der Waals surface area contributed by atoms with Crippen molar-refractivity contribution in [3.8, 4) is 0 Å². The van der Waals surface area contributed by atoms with E-state index in [4.69, 9.17) is 5.73 Å². The molecule has 4 N–H and O–H groups in total. The van der Waals surface area contributed by atoms with Gasteiger partial charge in [0.1, 0.15) is 0 Å². The highest BCUT2D eigenvalue weighted by molar-refractivity contribution is 5.99. The average molecular weight is 258 g/mol. The Morgan fingerprint density at radius 2 is 2.21 bits per heavy atom. The summed E-state index contributed by atoms with van der Waals surface area (Å²) in [6.07, 6.45) is 4.40. The maximum absolute atomic E-state index is 11.5. The standard InChI is InChI=1S/C14H18N4O/c1-2-6-17-13(19)9-18-12-4-3-10-8-16-7-5-11(10)14(12)15/h3-5,7-8,18H,2,6,9,15H2,1H3,(H,17,19). The molecule has 0 bridgehead atoms. The molecule has 0 aliphatic rings. The lowest BCUT2D eigenvalue weighted by Crippen LogP contribution is -2.30. The summed E-state index contributed by atoms with van der Waals surface area (Å²) in [6.45, 7) is 2.93. The van der Waals surface area contributed by atoms with E-state index in [0.29, 0.717) is 12.2 Å². The molecule has 0 atom stereocenters. The summed E-state index contributed by atoms with van der Waals surface area (Å²) in [5.74, 6) is -0.0314. The van der Waals surface area contributed by atoms with E-state index in [-0.39, 0.29) is 12.5 Å². The molecule has 1 heterocycles. The minimum Gasteiger partial charge on any atom is -0.397 e. The second-order valence-corrected chi connectivity index (χ2v) is 4.33. The molecule has 0 fully saturated rings. The zero-order chi connectivity index (χ0) is 13.7. The van der Waals surface area contributed by atoms with Gasteiger partial charge in [-0.2, -0.15) is 0 Å². The molecule has 0 saturated carbocycles. The number of carbonyl (C=O) groups excluding carboxylic acids is 1. The van der Waals surface area contributed by atoms with Crippen LogP contribution in [0.5, 0.6) is 0 Å². The van der Waals surface area contributed by atoms with Crippen molar-refractivity contribution in [3.05, 3.63) is 30.6 Å². The van der Waals surface area contributed by atoms with Crippen LogP contribution in [-0.2, 0) is 4.79 Å². The number of amides is 1. The minimum absolute atomic E-state index is 0.0314. The molecule has 0 aliphatic carbocycles. The van der Waals surface area contributed by atoms with Crippen LogP contribution in [0.4, 0.5) is 11.4 Å². The third-order valence-corrected chi connectivity index (χ3v) is 2.87. The second kappa shape index (κ2) is 6.04. The summed E-state index contributed by atoms with van der Waals surface area (Å²) in [6, 6.07) is 5.67. The van der Waals surface area contributed by atoms with Crippen LogP contribution in [0.3, 0.4) is 0 Å². The highest BCUT2D eigenvalue weighted by Gasteiger charge is 2.05. The Morgan fingerprint density at radius 1 is 1.37 bits per heavy atom. The van der Waals surface area contributed by atoms with Crippen molar-refractivity contribution in [2.75, 3.05) is 24.1 Å². The summed E-state index contributed by atoms with van der Waals surface area (Å²) in [5, 5.41) is 7.79. The Kier molecular flexibility index (Phi) is 4.18. The molecular weight excluding hydrogens is 240 g/mol. The first-order valence-electron chi connectivity index (χ1n) is 6.35. The van der Waals surface area contributed by atoms with Crippen molar-refractivity contribution in [1.29, 1.82) is 0 Å². The highest BCUT2D eigenvalue weighted by atomic mass is 16.1. The van der Waals surface area contributed by atoms with Crippen molar-refractivity contribution in [2.24, 2.45) is 0 Å². The molecule has 1 amide bonds. The molecule has 0 radical (unpaired) electrons. The molecule has 2 rings (SSSR count). The SMILES string of the molecule is CCCNC(=O)CNc1ccc2cnccc2c1N. The van der Waals surface area contributed by atoms with E-state index in [9.17, 15) is 4.79 Å². The maximum Gasteiger partial charge on any atom is 0.239 e. The number of nitrogen functional groups attached to an aromatic ring is 1. The van der Waals surface area contributed by atoms with E-state index in [1.165, 1.54) is 0 Å². The molecule has 0 saturated heterocycles. The first-order valence-corrected chi connectivity index (χ1v) is 6.35. The summed E-state index contributed by atoms with van der Waals surface area (Å²) < 4.78 is 0. The zero-order valence-corrected chi connectivity index (χ0v) is 10.9. The number of pyridine rings is 1. The number of carbonyl (C=O) groups is 1. The molecular formula is C14H18N4O. The van der Waals surface area contributed by atoms with E-state index < -0.39 is 0 Å². The molecule has 0 spiro atoms. The lowest BCUT2D eigenvalue weighted by molar-refractivity contribution is -0.119. The van der Waals surface area contributed by atoms with Gasteiger partial charge in [-0.25, -0.2) is 0 Å². The fourth-order valence-electron chi connectivity index (χ4n) is 1.85. The normalized spacial score (nSPS) is 10.4. The van der Waals surface area contributed by atoms with E-state index in [0.717, 1.165) is 22.9 Å². The number of hydrogen-bond donors (Lipinski definition) is 3. The third-order valence-electron chi connectivity index (χ3n) is 2.87.